The van der Waals surface area contributed by atoms with Gasteiger partial charge in [0, 0.05) is 29.5 Å². The molecule has 0 aromatic heterocycles. The third-order valence-corrected chi connectivity index (χ3v) is 10.6. The molecule has 1 heterocycles. The van der Waals surface area contributed by atoms with Crippen LogP contribution in [0.3, 0.4) is 0 Å². The molecule has 6 atom stereocenters. The molecule has 0 radical (unpaired) electrons. The van der Waals surface area contributed by atoms with Gasteiger partial charge in [0.15, 0.2) is 11.6 Å². The highest BCUT2D eigenvalue weighted by molar-refractivity contribution is 6.31. The molecule has 3 aliphatic carbocycles. The highest BCUT2D eigenvalue weighted by Crippen LogP contribution is 2.64. The van der Waals surface area contributed by atoms with E-state index < -0.39 is 52.8 Å². The summed E-state index contributed by atoms with van der Waals surface area (Å²) >= 11 is 0. The number of carbonyl (C=O) groups is 5. The number of amides is 2. The zero-order valence-electron chi connectivity index (χ0n) is 26.2. The predicted molar refractivity (Wildman–Crippen MR) is 175 cm³/mol. The van der Waals surface area contributed by atoms with Crippen molar-refractivity contribution in [2.75, 3.05) is 19.8 Å². The smallest absolute Gasteiger partial charge is 0.305 e. The van der Waals surface area contributed by atoms with E-state index in [4.69, 9.17) is 4.74 Å². The quantitative estimate of drug-likeness (QED) is 0.259. The molecule has 2 N–H and O–H groups in total. The van der Waals surface area contributed by atoms with E-state index >= 15 is 4.79 Å². The van der Waals surface area contributed by atoms with Crippen molar-refractivity contribution in [1.29, 1.82) is 0 Å². The number of carbonyl (C=O) groups excluding carboxylic acids is 4. The summed E-state index contributed by atoms with van der Waals surface area (Å²) in [5, 5.41) is 19.0. The van der Waals surface area contributed by atoms with Gasteiger partial charge in [-0.05, 0) is 42.0 Å². The van der Waals surface area contributed by atoms with E-state index in [1.165, 1.54) is 6.08 Å². The number of ether oxygens (including phenoxy) is 1. The van der Waals surface area contributed by atoms with E-state index in [9.17, 15) is 29.4 Å². The lowest BCUT2D eigenvalue weighted by Crippen LogP contribution is -2.58. The van der Waals surface area contributed by atoms with E-state index in [1.807, 2.05) is 66.7 Å². The lowest BCUT2D eigenvalue weighted by Gasteiger charge is -2.55. The van der Waals surface area contributed by atoms with Crippen molar-refractivity contribution in [3.63, 3.8) is 0 Å². The van der Waals surface area contributed by atoms with Crippen LogP contribution in [-0.4, -0.2) is 64.2 Å². The van der Waals surface area contributed by atoms with Crippen molar-refractivity contribution < 1.29 is 38.9 Å². The number of aliphatic hydroxyl groups is 1. The number of para-hydroxylation sites is 1. The molecule has 48 heavy (non-hydrogen) atoms. The monoisotopic (exact) mass is 645 g/mol. The van der Waals surface area contributed by atoms with Gasteiger partial charge in [-0.1, -0.05) is 90.5 Å². The summed E-state index contributed by atoms with van der Waals surface area (Å²) in [6.45, 7) is -0.446. The highest BCUT2D eigenvalue weighted by atomic mass is 16.5. The fourth-order valence-corrected chi connectivity index (χ4v) is 8.72. The Balaban J connectivity index is 1.47. The summed E-state index contributed by atoms with van der Waals surface area (Å²) < 4.78 is 6.05. The van der Waals surface area contributed by atoms with E-state index in [2.05, 4.69) is 0 Å². The Morgan fingerprint density at radius 2 is 1.56 bits per heavy atom. The van der Waals surface area contributed by atoms with Crippen LogP contribution in [0.25, 0.3) is 5.57 Å². The first-order valence-corrected chi connectivity index (χ1v) is 16.3. The SMILES string of the molecule is O=C(O)CCN1C(=O)[C@H]2[C@H](CC=C3[C@H]2C[C@H]2C(=O)C(c4ccccc4)=CC(=O)[C@@]2(c2ccccc2)[C@H]3c2ccccc2OCCO)C1=O. The van der Waals surface area contributed by atoms with Crippen LogP contribution in [-0.2, 0) is 29.4 Å². The number of hydrogen-bond donors (Lipinski definition) is 2. The van der Waals surface area contributed by atoms with Gasteiger partial charge in [-0.3, -0.25) is 28.9 Å². The Bertz CT molecular complexity index is 1860. The predicted octanol–water partition coefficient (Wildman–Crippen LogP) is 4.36. The Hall–Kier alpha value is -5.15. The van der Waals surface area contributed by atoms with Crippen LogP contribution in [0.2, 0.25) is 0 Å². The Kier molecular flexibility index (Phi) is 8.17. The lowest BCUT2D eigenvalue weighted by molar-refractivity contribution is -0.142. The lowest BCUT2D eigenvalue weighted by atomic mass is 9.44. The zero-order chi connectivity index (χ0) is 33.6. The van der Waals surface area contributed by atoms with E-state index in [1.54, 1.807) is 24.3 Å². The van der Waals surface area contributed by atoms with Crippen LogP contribution in [0.4, 0.5) is 0 Å². The van der Waals surface area contributed by atoms with Crippen LogP contribution in [0, 0.1) is 23.7 Å². The summed E-state index contributed by atoms with van der Waals surface area (Å²) in [6.07, 6.45) is 3.45. The fraction of sp³-hybridized carbons (Fsp3) is 0.308. The number of aliphatic hydroxyl groups excluding tert-OH is 1. The van der Waals surface area contributed by atoms with Crippen molar-refractivity contribution in [3.05, 3.63) is 119 Å². The minimum Gasteiger partial charge on any atom is -0.491 e. The van der Waals surface area contributed by atoms with Gasteiger partial charge >= 0.3 is 5.97 Å². The maximum absolute atomic E-state index is 15.1. The van der Waals surface area contributed by atoms with Gasteiger partial charge in [0.1, 0.15) is 12.4 Å². The van der Waals surface area contributed by atoms with Crippen molar-refractivity contribution in [2.45, 2.75) is 30.6 Å². The van der Waals surface area contributed by atoms with Crippen LogP contribution in [0.15, 0.2) is 103 Å². The molecule has 0 unspecified atom stereocenters. The topological polar surface area (TPSA) is 138 Å². The molecule has 9 nitrogen and oxygen atoms in total. The van der Waals surface area contributed by atoms with Crippen molar-refractivity contribution >= 4 is 34.9 Å². The third kappa shape index (κ3) is 4.83. The first-order chi connectivity index (χ1) is 23.3. The van der Waals surface area contributed by atoms with Crippen LogP contribution in [0.1, 0.15) is 41.9 Å². The molecular weight excluding hydrogens is 610 g/mol. The minimum atomic E-state index is -1.40. The number of Topliss-reactive ketones (excluding diaryl/α,β-unsaturated/α-hetero) is 1. The average Bonchev–Trinajstić information content (AvgIpc) is 3.36. The zero-order valence-corrected chi connectivity index (χ0v) is 26.2. The fourth-order valence-electron chi connectivity index (χ4n) is 8.72. The Morgan fingerprint density at radius 3 is 2.27 bits per heavy atom. The third-order valence-electron chi connectivity index (χ3n) is 10.6. The summed E-state index contributed by atoms with van der Waals surface area (Å²) in [6, 6.07) is 25.6. The Morgan fingerprint density at radius 1 is 0.875 bits per heavy atom. The van der Waals surface area contributed by atoms with Crippen molar-refractivity contribution in [2.24, 2.45) is 23.7 Å². The number of imide groups is 1. The number of rotatable bonds is 9. The largest absolute Gasteiger partial charge is 0.491 e. The second-order valence-electron chi connectivity index (χ2n) is 12.9. The number of hydrogen-bond acceptors (Lipinski definition) is 7. The van der Waals surface area contributed by atoms with Crippen LogP contribution < -0.4 is 4.74 Å². The molecule has 1 saturated carbocycles. The molecule has 1 aliphatic heterocycles. The summed E-state index contributed by atoms with van der Waals surface area (Å²) in [5.41, 5.74) is 1.62. The molecule has 4 aliphatic rings. The molecule has 2 amide bonds. The average molecular weight is 646 g/mol. The van der Waals surface area contributed by atoms with E-state index in [0.29, 0.717) is 28.0 Å². The molecule has 7 rings (SSSR count). The van der Waals surface area contributed by atoms with Gasteiger partial charge in [0.25, 0.3) is 0 Å². The first kappa shape index (κ1) is 31.4. The molecule has 2 fully saturated rings. The van der Waals surface area contributed by atoms with Gasteiger partial charge in [-0.15, -0.1) is 0 Å². The molecule has 1 saturated heterocycles. The number of likely N-dealkylation sites (tertiary alicyclic amines) is 1. The summed E-state index contributed by atoms with van der Waals surface area (Å²) in [5.74, 6) is -5.68. The molecule has 3 aromatic rings. The van der Waals surface area contributed by atoms with Gasteiger partial charge < -0.3 is 14.9 Å². The molecule has 9 heteroatoms. The molecule has 244 valence electrons. The minimum absolute atomic E-state index is 0.00906. The molecule has 0 spiro atoms. The van der Waals surface area contributed by atoms with Crippen LogP contribution in [0.5, 0.6) is 5.75 Å². The number of ketones is 2. The number of nitrogens with zero attached hydrogens (tertiary/aromatic N) is 1. The normalized spacial score (nSPS) is 27.9. The van der Waals surface area contributed by atoms with Crippen molar-refractivity contribution in [3.8, 4) is 5.75 Å². The maximum atomic E-state index is 15.1. The highest BCUT2D eigenvalue weighted by Gasteiger charge is 2.66. The number of carboxylic acids is 1. The van der Waals surface area contributed by atoms with E-state index in [0.717, 1.165) is 10.5 Å². The first-order valence-electron chi connectivity index (χ1n) is 16.3. The molecule has 0 bridgehead atoms. The second-order valence-corrected chi connectivity index (χ2v) is 12.9. The number of carboxylic acid groups (broad SMARTS) is 1. The summed E-state index contributed by atoms with van der Waals surface area (Å²) in [4.78, 5) is 70.2. The second kappa shape index (κ2) is 12.5. The molecular formula is C39H35NO8. The van der Waals surface area contributed by atoms with E-state index in [-0.39, 0.29) is 50.6 Å². The molecule has 3 aromatic carbocycles. The van der Waals surface area contributed by atoms with Crippen molar-refractivity contribution in [1.82, 2.24) is 4.90 Å². The number of allylic oxidation sites excluding steroid dienone is 4. The number of fused-ring (bicyclic) bond motifs is 4. The Labute approximate surface area is 277 Å². The van der Waals surface area contributed by atoms with Gasteiger partial charge in [-0.25, -0.2) is 0 Å². The van der Waals surface area contributed by atoms with Gasteiger partial charge in [0.05, 0.1) is 30.3 Å². The number of aliphatic carboxylic acids is 1. The maximum Gasteiger partial charge on any atom is 0.305 e. The summed E-state index contributed by atoms with van der Waals surface area (Å²) in [7, 11) is 0. The van der Waals surface area contributed by atoms with Gasteiger partial charge in [0.2, 0.25) is 11.8 Å². The van der Waals surface area contributed by atoms with Crippen LogP contribution >= 0.6 is 0 Å². The standard InChI is InChI=1S/C39H35NO8/c41-19-20-48-31-14-8-7-13-26(31)35-25-15-16-27-34(38(47)40(37(27)46)18-17-33(43)44)29(25)21-30-36(45)28(23-9-3-1-4-10-23)22-32(42)39(30,35)24-11-5-2-6-12-24/h1-15,22,27,29-30,34-35,41H,16-21H2,(H,43,44)/t27-,29+,30-,34-,35+,39-/m0/s1. The number of benzene rings is 3. The van der Waals surface area contributed by atoms with Gasteiger partial charge in [-0.2, -0.15) is 0 Å².